The van der Waals surface area contributed by atoms with Gasteiger partial charge in [0.1, 0.15) is 12.1 Å². The number of carbonyl (C=O) groups is 4. The molecule has 0 spiro atoms. The van der Waals surface area contributed by atoms with Crippen LogP contribution in [0.3, 0.4) is 0 Å². The summed E-state index contributed by atoms with van der Waals surface area (Å²) in [5.74, 6) is -1.95. The Hall–Kier alpha value is -3.42. The minimum absolute atomic E-state index is 0.0317. The molecule has 3 amide bonds. The Bertz CT molecular complexity index is 1120. The Balaban J connectivity index is 1.86. The molecule has 0 aromatic heterocycles. The Kier molecular flexibility index (Phi) is 10.7. The second kappa shape index (κ2) is 13.9. The summed E-state index contributed by atoms with van der Waals surface area (Å²) in [5.41, 5.74) is 6.47. The minimum Gasteiger partial charge on any atom is -0.466 e. The largest absolute Gasteiger partial charge is 0.466 e. The Labute approximate surface area is 225 Å². The molecule has 0 saturated heterocycles. The molecule has 206 valence electrons. The van der Waals surface area contributed by atoms with Gasteiger partial charge in [0.2, 0.25) is 17.7 Å². The summed E-state index contributed by atoms with van der Waals surface area (Å²) in [6.07, 6.45) is 4.34. The molecule has 3 rings (SSSR count). The van der Waals surface area contributed by atoms with E-state index in [-0.39, 0.29) is 31.3 Å². The van der Waals surface area contributed by atoms with Crippen LogP contribution in [0, 0.1) is 17.8 Å². The maximum atomic E-state index is 13.5. The number of nitrogens with two attached hydrogens (primary N) is 1. The zero-order valence-corrected chi connectivity index (χ0v) is 22.7. The second-order valence-electron chi connectivity index (χ2n) is 10.7. The Morgan fingerprint density at radius 3 is 2.29 bits per heavy atom. The predicted octanol–water partition coefficient (Wildman–Crippen LogP) is 3.64. The van der Waals surface area contributed by atoms with Crippen LogP contribution in [0.1, 0.15) is 64.9 Å². The summed E-state index contributed by atoms with van der Waals surface area (Å²) in [6, 6.07) is 11.9. The molecule has 0 bridgehead atoms. The lowest BCUT2D eigenvalue weighted by Gasteiger charge is -2.30. The van der Waals surface area contributed by atoms with Crippen LogP contribution in [0.15, 0.2) is 42.5 Å². The first kappa shape index (κ1) is 29.1. The summed E-state index contributed by atoms with van der Waals surface area (Å²) in [4.78, 5) is 51.4. The fourth-order valence-electron chi connectivity index (χ4n) is 5.01. The first-order chi connectivity index (χ1) is 18.2. The number of nitrogens with one attached hydrogen (secondary N) is 2. The van der Waals surface area contributed by atoms with Gasteiger partial charge in [-0.3, -0.25) is 19.2 Å². The summed E-state index contributed by atoms with van der Waals surface area (Å²) >= 11 is 0. The lowest BCUT2D eigenvalue weighted by Crippen LogP contribution is -2.55. The lowest BCUT2D eigenvalue weighted by molar-refractivity contribution is -0.147. The van der Waals surface area contributed by atoms with Gasteiger partial charge in [0.15, 0.2) is 0 Å². The third-order valence-corrected chi connectivity index (χ3v) is 7.24. The normalized spacial score (nSPS) is 15.8. The van der Waals surface area contributed by atoms with E-state index in [9.17, 15) is 19.2 Å². The predicted molar refractivity (Wildman–Crippen MR) is 147 cm³/mol. The van der Waals surface area contributed by atoms with Gasteiger partial charge in [0.25, 0.3) is 0 Å². The SMILES string of the molecule is CCOC(=O)CC(CC1CCC1)C(=O)N[C@@H](Cc1cccc2ccccc12)C(=O)N[C@@H](CC(C)C)C(N)=O. The van der Waals surface area contributed by atoms with E-state index in [1.54, 1.807) is 6.92 Å². The van der Waals surface area contributed by atoms with E-state index in [4.69, 9.17) is 10.5 Å². The van der Waals surface area contributed by atoms with Crippen LogP contribution in [0.5, 0.6) is 0 Å². The van der Waals surface area contributed by atoms with Crippen molar-refractivity contribution in [2.45, 2.75) is 77.8 Å². The van der Waals surface area contributed by atoms with Crippen LogP contribution in [0.2, 0.25) is 0 Å². The van der Waals surface area contributed by atoms with Crippen molar-refractivity contribution in [1.29, 1.82) is 0 Å². The first-order valence-electron chi connectivity index (χ1n) is 13.7. The highest BCUT2D eigenvalue weighted by atomic mass is 16.5. The van der Waals surface area contributed by atoms with Gasteiger partial charge in [0, 0.05) is 12.3 Å². The fraction of sp³-hybridized carbons (Fsp3) is 0.533. The molecule has 1 fully saturated rings. The van der Waals surface area contributed by atoms with Crippen molar-refractivity contribution in [3.63, 3.8) is 0 Å². The highest BCUT2D eigenvalue weighted by Gasteiger charge is 2.33. The number of hydrogen-bond donors (Lipinski definition) is 3. The second-order valence-corrected chi connectivity index (χ2v) is 10.7. The van der Waals surface area contributed by atoms with Crippen LogP contribution in [0.4, 0.5) is 0 Å². The highest BCUT2D eigenvalue weighted by molar-refractivity contribution is 5.94. The maximum Gasteiger partial charge on any atom is 0.306 e. The number of hydrogen-bond acceptors (Lipinski definition) is 5. The summed E-state index contributed by atoms with van der Waals surface area (Å²) in [7, 11) is 0. The van der Waals surface area contributed by atoms with Gasteiger partial charge in [-0.1, -0.05) is 75.6 Å². The van der Waals surface area contributed by atoms with Crippen molar-refractivity contribution >= 4 is 34.5 Å². The molecular formula is C30H41N3O5. The molecule has 1 aliphatic rings. The molecule has 0 heterocycles. The van der Waals surface area contributed by atoms with Gasteiger partial charge >= 0.3 is 5.97 Å². The molecule has 4 N–H and O–H groups in total. The van der Waals surface area contributed by atoms with Crippen LogP contribution >= 0.6 is 0 Å². The number of amides is 3. The van der Waals surface area contributed by atoms with Gasteiger partial charge in [-0.05, 0) is 47.9 Å². The van der Waals surface area contributed by atoms with Gasteiger partial charge in [0.05, 0.1) is 13.0 Å². The fourth-order valence-corrected chi connectivity index (χ4v) is 5.01. The van der Waals surface area contributed by atoms with Gasteiger partial charge in [-0.15, -0.1) is 0 Å². The highest BCUT2D eigenvalue weighted by Crippen LogP contribution is 2.33. The van der Waals surface area contributed by atoms with E-state index in [0.717, 1.165) is 35.6 Å². The number of ether oxygens (including phenoxy) is 1. The topological polar surface area (TPSA) is 128 Å². The quantitative estimate of drug-likeness (QED) is 0.326. The molecule has 1 saturated carbocycles. The van der Waals surface area contributed by atoms with Crippen molar-refractivity contribution < 1.29 is 23.9 Å². The molecule has 2 aromatic rings. The van der Waals surface area contributed by atoms with Gasteiger partial charge in [-0.2, -0.15) is 0 Å². The van der Waals surface area contributed by atoms with Crippen LogP contribution in [-0.4, -0.2) is 42.4 Å². The minimum atomic E-state index is -0.951. The Morgan fingerprint density at radius 1 is 0.974 bits per heavy atom. The number of primary amides is 1. The van der Waals surface area contributed by atoms with Crippen molar-refractivity contribution in [3.8, 4) is 0 Å². The van der Waals surface area contributed by atoms with Gasteiger partial charge < -0.3 is 21.1 Å². The van der Waals surface area contributed by atoms with Crippen molar-refractivity contribution in [2.24, 2.45) is 23.5 Å². The third-order valence-electron chi connectivity index (χ3n) is 7.24. The standard InChI is InChI=1S/C30H41N3O5/c1-4-38-27(34)18-23(16-20-9-7-10-20)29(36)33-26(30(37)32-25(28(31)35)15-19(2)3)17-22-13-8-12-21-11-5-6-14-24(21)22/h5-6,8,11-14,19-20,23,25-26H,4,7,9-10,15-18H2,1-3H3,(H2,31,35)(H,32,37)(H,33,36)/t23?,25-,26-/m0/s1. The summed E-state index contributed by atoms with van der Waals surface area (Å²) in [6.45, 7) is 5.86. The summed E-state index contributed by atoms with van der Waals surface area (Å²) < 4.78 is 5.12. The average molecular weight is 524 g/mol. The zero-order chi connectivity index (χ0) is 27.7. The first-order valence-corrected chi connectivity index (χ1v) is 13.7. The summed E-state index contributed by atoms with van der Waals surface area (Å²) in [5, 5.41) is 7.69. The van der Waals surface area contributed by atoms with E-state index in [1.807, 2.05) is 56.3 Å². The number of carbonyl (C=O) groups excluding carboxylic acids is 4. The molecule has 1 aliphatic carbocycles. The van der Waals surface area contributed by atoms with Crippen LogP contribution in [-0.2, 0) is 30.3 Å². The van der Waals surface area contributed by atoms with E-state index >= 15 is 0 Å². The van der Waals surface area contributed by atoms with Crippen LogP contribution in [0.25, 0.3) is 10.8 Å². The molecule has 1 unspecified atom stereocenters. The number of rotatable bonds is 14. The monoisotopic (exact) mass is 523 g/mol. The van der Waals surface area contributed by atoms with Gasteiger partial charge in [-0.25, -0.2) is 0 Å². The molecule has 8 nitrogen and oxygen atoms in total. The van der Waals surface area contributed by atoms with E-state index < -0.39 is 35.8 Å². The molecule has 2 aromatic carbocycles. The smallest absolute Gasteiger partial charge is 0.306 e. The Morgan fingerprint density at radius 2 is 1.66 bits per heavy atom. The van der Waals surface area contributed by atoms with E-state index in [1.165, 1.54) is 0 Å². The lowest BCUT2D eigenvalue weighted by atomic mass is 9.78. The molecule has 38 heavy (non-hydrogen) atoms. The van der Waals surface area contributed by atoms with Crippen molar-refractivity contribution in [2.75, 3.05) is 6.61 Å². The number of benzene rings is 2. The molecule has 3 atom stereocenters. The third kappa shape index (κ3) is 8.30. The van der Waals surface area contributed by atoms with Crippen molar-refractivity contribution in [3.05, 3.63) is 48.0 Å². The molecule has 8 heteroatoms. The molecular weight excluding hydrogens is 482 g/mol. The van der Waals surface area contributed by atoms with Crippen molar-refractivity contribution in [1.82, 2.24) is 10.6 Å². The molecule has 0 aliphatic heterocycles. The van der Waals surface area contributed by atoms with Crippen LogP contribution < -0.4 is 16.4 Å². The number of fused-ring (bicyclic) bond motifs is 1. The number of esters is 1. The molecule has 0 radical (unpaired) electrons. The maximum absolute atomic E-state index is 13.5. The van der Waals surface area contributed by atoms with E-state index in [0.29, 0.717) is 18.8 Å². The zero-order valence-electron chi connectivity index (χ0n) is 22.7. The van der Waals surface area contributed by atoms with E-state index in [2.05, 4.69) is 10.6 Å². The average Bonchev–Trinajstić information content (AvgIpc) is 2.84.